The van der Waals surface area contributed by atoms with E-state index in [0.717, 1.165) is 22.5 Å². The second-order valence-corrected chi connectivity index (χ2v) is 6.66. The fourth-order valence-corrected chi connectivity index (χ4v) is 2.32. The molecule has 2 rings (SSSR count). The molecule has 5 heteroatoms. The number of nitrogens with one attached hydrogen (secondary N) is 4. The van der Waals surface area contributed by atoms with E-state index < -0.39 is 0 Å². The molecule has 118 valence electrons. The van der Waals surface area contributed by atoms with Crippen molar-refractivity contribution in [1.29, 1.82) is 5.41 Å². The first-order valence-electron chi connectivity index (χ1n) is 7.48. The van der Waals surface area contributed by atoms with Crippen LogP contribution in [0.15, 0.2) is 24.4 Å². The lowest BCUT2D eigenvalue weighted by Gasteiger charge is -2.21. The van der Waals surface area contributed by atoms with Gasteiger partial charge in [-0.05, 0) is 33.8 Å². The van der Waals surface area contributed by atoms with Crippen LogP contribution in [0.3, 0.4) is 0 Å². The molecular formula is C17H24N4O. The number of hydrogen-bond acceptors (Lipinski definition) is 4. The zero-order valence-corrected chi connectivity index (χ0v) is 13.6. The third-order valence-electron chi connectivity index (χ3n) is 3.35. The van der Waals surface area contributed by atoms with Crippen molar-refractivity contribution in [2.45, 2.75) is 45.7 Å². The average molecular weight is 300 g/mol. The summed E-state index contributed by atoms with van der Waals surface area (Å²) in [6.45, 7) is 8.18. The number of hydrogen-bond donors (Lipinski definition) is 4. The highest BCUT2D eigenvalue weighted by Crippen LogP contribution is 2.33. The number of para-hydroxylation sites is 1. The quantitative estimate of drug-likeness (QED) is 0.647. The summed E-state index contributed by atoms with van der Waals surface area (Å²) in [5, 5.41) is 17.3. The predicted octanol–water partition coefficient (Wildman–Crippen LogP) is 3.21. The third-order valence-corrected chi connectivity index (χ3v) is 3.35. The zero-order chi connectivity index (χ0) is 16.3. The van der Waals surface area contributed by atoms with Crippen LogP contribution in [0.4, 0.5) is 11.4 Å². The molecule has 1 amide bonds. The molecule has 0 spiro atoms. The molecule has 0 aromatic heterocycles. The minimum absolute atomic E-state index is 0.00380. The van der Waals surface area contributed by atoms with Gasteiger partial charge in [0.2, 0.25) is 5.91 Å². The smallest absolute Gasteiger partial charge is 0.226 e. The van der Waals surface area contributed by atoms with Crippen LogP contribution in [-0.4, -0.2) is 23.7 Å². The number of carbonyl (C=O) groups is 1. The standard InChI is InChI=1S/C17H24N4O/c1-11-8-15(22)21-14-7-5-6-13(16(14)20-11)12(9-18)10-19-17(2,3)4/h5-7,9-11,18-20H,8H2,1-4H3,(H,21,22)/b12-10+,18-9?/t11-/m1/s1. The molecule has 1 aromatic rings. The number of anilines is 2. The summed E-state index contributed by atoms with van der Waals surface area (Å²) >= 11 is 0. The molecular weight excluding hydrogens is 276 g/mol. The molecule has 1 atom stereocenters. The van der Waals surface area contributed by atoms with Gasteiger partial charge in [-0.3, -0.25) is 4.79 Å². The van der Waals surface area contributed by atoms with E-state index in [1.807, 2.05) is 31.3 Å². The summed E-state index contributed by atoms with van der Waals surface area (Å²) in [5.41, 5.74) is 3.22. The maximum absolute atomic E-state index is 11.8. The molecule has 0 aliphatic carbocycles. The minimum atomic E-state index is -0.0745. The molecule has 5 nitrogen and oxygen atoms in total. The number of rotatable bonds is 3. The number of benzene rings is 1. The maximum atomic E-state index is 11.8. The fourth-order valence-electron chi connectivity index (χ4n) is 2.32. The molecule has 1 heterocycles. The van der Waals surface area contributed by atoms with Crippen LogP contribution in [0.2, 0.25) is 0 Å². The van der Waals surface area contributed by atoms with Crippen molar-refractivity contribution in [2.24, 2.45) is 0 Å². The van der Waals surface area contributed by atoms with E-state index in [4.69, 9.17) is 5.41 Å². The summed E-state index contributed by atoms with van der Waals surface area (Å²) in [5.74, 6) is 0.00380. The highest BCUT2D eigenvalue weighted by molar-refractivity contribution is 6.12. The molecule has 0 bridgehead atoms. The van der Waals surface area contributed by atoms with Gasteiger partial charge >= 0.3 is 0 Å². The SMILES string of the molecule is C[C@@H]1CC(=O)Nc2cccc(/C(C=N)=C/NC(C)(C)C)c2N1. The fraction of sp³-hybridized carbons (Fsp3) is 0.412. The molecule has 0 radical (unpaired) electrons. The minimum Gasteiger partial charge on any atom is -0.386 e. The number of amides is 1. The van der Waals surface area contributed by atoms with Crippen molar-refractivity contribution in [1.82, 2.24) is 5.32 Å². The Morgan fingerprint density at radius 1 is 1.41 bits per heavy atom. The first kappa shape index (κ1) is 16.1. The molecule has 22 heavy (non-hydrogen) atoms. The Hall–Kier alpha value is -2.30. The Bertz CT molecular complexity index is 614. The molecule has 4 N–H and O–H groups in total. The summed E-state index contributed by atoms with van der Waals surface area (Å²) in [6.07, 6.45) is 3.60. The van der Waals surface area contributed by atoms with Gasteiger partial charge in [0.05, 0.1) is 11.4 Å². The molecule has 0 fully saturated rings. The lowest BCUT2D eigenvalue weighted by Crippen LogP contribution is -2.31. The third kappa shape index (κ3) is 3.87. The second-order valence-electron chi connectivity index (χ2n) is 6.66. The van der Waals surface area contributed by atoms with Gasteiger partial charge in [0.25, 0.3) is 0 Å². The van der Waals surface area contributed by atoms with E-state index in [1.54, 1.807) is 0 Å². The van der Waals surface area contributed by atoms with Gasteiger partial charge in [0.15, 0.2) is 0 Å². The van der Waals surface area contributed by atoms with Crippen LogP contribution in [0.1, 0.15) is 39.7 Å². The van der Waals surface area contributed by atoms with Crippen LogP contribution in [0, 0.1) is 5.41 Å². The highest BCUT2D eigenvalue weighted by atomic mass is 16.1. The van der Waals surface area contributed by atoms with Gasteiger partial charge in [0, 0.05) is 41.6 Å². The molecule has 0 saturated heterocycles. The summed E-state index contributed by atoms with van der Waals surface area (Å²) in [6, 6.07) is 5.77. The van der Waals surface area contributed by atoms with Crippen molar-refractivity contribution < 1.29 is 4.79 Å². The van der Waals surface area contributed by atoms with E-state index in [-0.39, 0.29) is 17.5 Å². The van der Waals surface area contributed by atoms with Crippen LogP contribution in [0.25, 0.3) is 5.57 Å². The number of allylic oxidation sites excluding steroid dienone is 1. The van der Waals surface area contributed by atoms with Crippen LogP contribution >= 0.6 is 0 Å². The van der Waals surface area contributed by atoms with Crippen molar-refractivity contribution in [3.05, 3.63) is 30.0 Å². The Labute approximate surface area is 131 Å². The summed E-state index contributed by atoms with van der Waals surface area (Å²) in [4.78, 5) is 11.8. The number of fused-ring (bicyclic) bond motifs is 1. The Kier molecular flexibility index (Phi) is 4.54. The van der Waals surface area contributed by atoms with Crippen molar-refractivity contribution >= 4 is 29.1 Å². The molecule has 1 aromatic carbocycles. The monoisotopic (exact) mass is 300 g/mol. The largest absolute Gasteiger partial charge is 0.386 e. The van der Waals surface area contributed by atoms with Gasteiger partial charge in [-0.2, -0.15) is 0 Å². The second kappa shape index (κ2) is 6.22. The van der Waals surface area contributed by atoms with Gasteiger partial charge < -0.3 is 21.4 Å². The topological polar surface area (TPSA) is 77.0 Å². The number of carbonyl (C=O) groups excluding carboxylic acids is 1. The first-order valence-corrected chi connectivity index (χ1v) is 7.48. The predicted molar refractivity (Wildman–Crippen MR) is 92.4 cm³/mol. The van der Waals surface area contributed by atoms with E-state index in [9.17, 15) is 4.79 Å². The van der Waals surface area contributed by atoms with E-state index >= 15 is 0 Å². The Balaban J connectivity index is 2.45. The lowest BCUT2D eigenvalue weighted by atomic mass is 10.0. The van der Waals surface area contributed by atoms with Gasteiger partial charge in [-0.1, -0.05) is 12.1 Å². The van der Waals surface area contributed by atoms with Crippen LogP contribution in [-0.2, 0) is 4.79 Å². The van der Waals surface area contributed by atoms with Gasteiger partial charge in [-0.25, -0.2) is 0 Å². The molecule has 0 saturated carbocycles. The van der Waals surface area contributed by atoms with Gasteiger partial charge in [-0.15, -0.1) is 0 Å². The molecule has 0 unspecified atom stereocenters. The van der Waals surface area contributed by atoms with E-state index in [1.165, 1.54) is 6.21 Å². The average Bonchev–Trinajstić information content (AvgIpc) is 2.55. The van der Waals surface area contributed by atoms with E-state index in [0.29, 0.717) is 6.42 Å². The van der Waals surface area contributed by atoms with Gasteiger partial charge in [0.1, 0.15) is 0 Å². The maximum Gasteiger partial charge on any atom is 0.226 e. The Morgan fingerprint density at radius 2 is 2.14 bits per heavy atom. The van der Waals surface area contributed by atoms with E-state index in [2.05, 4.69) is 36.7 Å². The molecule has 1 aliphatic rings. The summed E-state index contributed by atoms with van der Waals surface area (Å²) < 4.78 is 0. The Morgan fingerprint density at radius 3 is 2.77 bits per heavy atom. The highest BCUT2D eigenvalue weighted by Gasteiger charge is 2.20. The summed E-state index contributed by atoms with van der Waals surface area (Å²) in [7, 11) is 0. The first-order chi connectivity index (χ1) is 10.3. The van der Waals surface area contributed by atoms with Crippen molar-refractivity contribution in [3.63, 3.8) is 0 Å². The zero-order valence-electron chi connectivity index (χ0n) is 13.6. The van der Waals surface area contributed by atoms with Crippen molar-refractivity contribution in [2.75, 3.05) is 10.6 Å². The van der Waals surface area contributed by atoms with Crippen LogP contribution < -0.4 is 16.0 Å². The van der Waals surface area contributed by atoms with Crippen molar-refractivity contribution in [3.8, 4) is 0 Å². The lowest BCUT2D eigenvalue weighted by molar-refractivity contribution is -0.116. The molecule has 1 aliphatic heterocycles. The normalized spacial score (nSPS) is 18.6. The van der Waals surface area contributed by atoms with Crippen LogP contribution in [0.5, 0.6) is 0 Å².